The Morgan fingerprint density at radius 1 is 0.551 bits per heavy atom. The van der Waals surface area contributed by atoms with E-state index in [0.717, 1.165) is 51.9 Å². The van der Waals surface area contributed by atoms with Gasteiger partial charge in [-0.3, -0.25) is 0 Å². The van der Waals surface area contributed by atoms with E-state index in [1.165, 1.54) is 54.9 Å². The zero-order valence-electron chi connectivity index (χ0n) is 26.5. The Hall–Kier alpha value is -6.46. The van der Waals surface area contributed by atoms with E-state index in [0.29, 0.717) is 0 Å². The topological polar surface area (TPSA) is 37.1 Å². The van der Waals surface area contributed by atoms with Gasteiger partial charge in [0.25, 0.3) is 0 Å². The summed E-state index contributed by atoms with van der Waals surface area (Å²) < 4.78 is 8.88. The fourth-order valence-corrected chi connectivity index (χ4v) is 8.30. The second-order valence-electron chi connectivity index (χ2n) is 13.0. The molecule has 0 unspecified atom stereocenters. The molecule has 0 amide bonds. The highest BCUT2D eigenvalue weighted by Gasteiger charge is 2.28. The van der Waals surface area contributed by atoms with E-state index in [2.05, 4.69) is 160 Å². The Labute approximate surface area is 282 Å². The van der Waals surface area contributed by atoms with Crippen molar-refractivity contribution in [3.05, 3.63) is 158 Å². The molecular weight excluding hydrogens is 597 g/mol. The Balaban J connectivity index is 1.27. The summed E-state index contributed by atoms with van der Waals surface area (Å²) in [6.07, 6.45) is 0. The molecule has 10 aromatic rings. The summed E-state index contributed by atoms with van der Waals surface area (Å²) in [7, 11) is 0.839. The van der Waals surface area contributed by atoms with Gasteiger partial charge in [0.15, 0.2) is 7.28 Å². The monoisotopic (exact) mass is 625 g/mol. The summed E-state index contributed by atoms with van der Waals surface area (Å²) in [5.74, 6) is 0. The average Bonchev–Trinajstić information content (AvgIpc) is 3.82. The molecule has 1 aliphatic rings. The standard InChI is InChI=1S/C44H28BN3O/c1-3-13-27(14-4-1)47(28-15-5-2-6-16-28)29-25-35(31-19-11-21-34-40-33-18-8-10-24-39(33)49-44(40)46-42(31)34)41-38(26-29)48-37-23-9-7-17-30(37)32-20-12-22-36(45-41)43(32)48/h1-26,45-46H. The number of hydrogen-bond donors (Lipinski definition) is 1. The summed E-state index contributed by atoms with van der Waals surface area (Å²) in [4.78, 5) is 6.11. The minimum absolute atomic E-state index is 0.812. The molecule has 0 fully saturated rings. The predicted molar refractivity (Wildman–Crippen MR) is 206 cm³/mol. The third-order valence-corrected chi connectivity index (χ3v) is 10.3. The maximum absolute atomic E-state index is 6.37. The van der Waals surface area contributed by atoms with Crippen molar-refractivity contribution in [1.82, 2.24) is 9.55 Å². The molecule has 7 aromatic carbocycles. The largest absolute Gasteiger partial charge is 0.440 e. The maximum Gasteiger partial charge on any atom is 0.206 e. The molecule has 0 aliphatic carbocycles. The van der Waals surface area contributed by atoms with Gasteiger partial charge in [0.1, 0.15) is 5.58 Å². The highest BCUT2D eigenvalue weighted by Crippen LogP contribution is 2.43. The van der Waals surface area contributed by atoms with Crippen LogP contribution in [0.1, 0.15) is 0 Å². The van der Waals surface area contributed by atoms with Crippen LogP contribution in [0.15, 0.2) is 162 Å². The minimum Gasteiger partial charge on any atom is -0.440 e. The van der Waals surface area contributed by atoms with Crippen LogP contribution in [-0.4, -0.2) is 16.8 Å². The number of fused-ring (bicyclic) bond motifs is 10. The lowest BCUT2D eigenvalue weighted by atomic mass is 9.59. The van der Waals surface area contributed by atoms with Gasteiger partial charge in [-0.1, -0.05) is 115 Å². The number of H-pyrrole nitrogens is 1. The normalized spacial score (nSPS) is 12.2. The number of hydrogen-bond acceptors (Lipinski definition) is 2. The molecule has 0 radical (unpaired) electrons. The lowest BCUT2D eigenvalue weighted by molar-refractivity contribution is 0.657. The average molecular weight is 626 g/mol. The highest BCUT2D eigenvalue weighted by molar-refractivity contribution is 6.73. The van der Waals surface area contributed by atoms with E-state index in [-0.39, 0.29) is 0 Å². The second-order valence-corrected chi connectivity index (χ2v) is 13.0. The quantitative estimate of drug-likeness (QED) is 0.198. The van der Waals surface area contributed by atoms with Crippen molar-refractivity contribution in [3.8, 4) is 16.8 Å². The first-order valence-corrected chi connectivity index (χ1v) is 16.8. The molecule has 1 N–H and O–H groups in total. The van der Waals surface area contributed by atoms with Crippen molar-refractivity contribution in [3.63, 3.8) is 0 Å². The van der Waals surface area contributed by atoms with Gasteiger partial charge in [-0.05, 0) is 59.6 Å². The molecule has 1 aliphatic heterocycles. The predicted octanol–water partition coefficient (Wildman–Crippen LogP) is 10.0. The summed E-state index contributed by atoms with van der Waals surface area (Å²) in [6, 6.07) is 56.8. The molecule has 5 heteroatoms. The van der Waals surface area contributed by atoms with Crippen molar-refractivity contribution in [2.45, 2.75) is 0 Å². The van der Waals surface area contributed by atoms with Crippen LogP contribution in [0.5, 0.6) is 0 Å². The molecular formula is C44H28BN3O. The number of rotatable bonds is 4. The van der Waals surface area contributed by atoms with Crippen molar-refractivity contribution in [2.24, 2.45) is 0 Å². The lowest BCUT2D eigenvalue weighted by Gasteiger charge is -2.30. The zero-order chi connectivity index (χ0) is 32.1. The summed E-state index contributed by atoms with van der Waals surface area (Å²) in [6.45, 7) is 0. The smallest absolute Gasteiger partial charge is 0.206 e. The molecule has 0 atom stereocenters. The molecule has 0 saturated carbocycles. The molecule has 4 nitrogen and oxygen atoms in total. The fraction of sp³-hybridized carbons (Fsp3) is 0. The molecule has 3 aromatic heterocycles. The summed E-state index contributed by atoms with van der Waals surface area (Å²) >= 11 is 0. The van der Waals surface area contributed by atoms with Gasteiger partial charge in [0.2, 0.25) is 5.71 Å². The molecule has 0 bridgehead atoms. The number of furan rings is 1. The van der Waals surface area contributed by atoms with Crippen LogP contribution in [0.4, 0.5) is 17.1 Å². The molecule has 0 saturated heterocycles. The van der Waals surface area contributed by atoms with Crippen LogP contribution in [0.2, 0.25) is 0 Å². The summed E-state index contributed by atoms with van der Waals surface area (Å²) in [5.41, 5.74) is 14.9. The van der Waals surface area contributed by atoms with E-state index >= 15 is 0 Å². The van der Waals surface area contributed by atoms with Gasteiger partial charge >= 0.3 is 0 Å². The van der Waals surface area contributed by atoms with Gasteiger partial charge in [0, 0.05) is 55.4 Å². The van der Waals surface area contributed by atoms with Crippen molar-refractivity contribution in [1.29, 1.82) is 0 Å². The van der Waals surface area contributed by atoms with E-state index in [1.54, 1.807) is 0 Å². The summed E-state index contributed by atoms with van der Waals surface area (Å²) in [5, 5.41) is 6.01. The van der Waals surface area contributed by atoms with Crippen molar-refractivity contribution >= 4 is 90.0 Å². The Morgan fingerprint density at radius 3 is 2.04 bits per heavy atom. The Bertz CT molecular complexity index is 2880. The maximum atomic E-state index is 6.37. The van der Waals surface area contributed by atoms with Crippen LogP contribution < -0.4 is 15.8 Å². The number of benzene rings is 7. The Morgan fingerprint density at radius 2 is 1.22 bits per heavy atom. The SMILES string of the molecule is B1c2c(-c3cccc4c3[nH]c3oc5ccccc5c34)cc(N(c3ccccc3)c3ccccc3)cc2-n2c3ccccc3c3cccc1c32. The first kappa shape index (κ1) is 26.6. The molecule has 11 rings (SSSR count). The highest BCUT2D eigenvalue weighted by atomic mass is 16.3. The first-order valence-electron chi connectivity index (χ1n) is 16.8. The van der Waals surface area contributed by atoms with E-state index < -0.39 is 0 Å². The van der Waals surface area contributed by atoms with E-state index in [9.17, 15) is 0 Å². The van der Waals surface area contributed by atoms with Crippen LogP contribution in [0.25, 0.3) is 71.6 Å². The minimum atomic E-state index is 0.812. The molecule has 49 heavy (non-hydrogen) atoms. The number of para-hydroxylation sites is 6. The van der Waals surface area contributed by atoms with Gasteiger partial charge < -0.3 is 18.9 Å². The lowest BCUT2D eigenvalue weighted by Crippen LogP contribution is -2.37. The van der Waals surface area contributed by atoms with E-state index in [4.69, 9.17) is 4.42 Å². The van der Waals surface area contributed by atoms with Gasteiger partial charge in [-0.25, -0.2) is 0 Å². The number of nitrogens with one attached hydrogen (secondary N) is 1. The fourth-order valence-electron chi connectivity index (χ4n) is 8.30. The number of aromatic nitrogens is 2. The third kappa shape index (κ3) is 3.75. The van der Waals surface area contributed by atoms with Gasteiger partial charge in [-0.2, -0.15) is 0 Å². The van der Waals surface area contributed by atoms with Crippen LogP contribution in [-0.2, 0) is 0 Å². The molecule has 0 spiro atoms. The van der Waals surface area contributed by atoms with Crippen LogP contribution >= 0.6 is 0 Å². The zero-order valence-corrected chi connectivity index (χ0v) is 26.5. The van der Waals surface area contributed by atoms with Crippen LogP contribution in [0.3, 0.4) is 0 Å². The van der Waals surface area contributed by atoms with Crippen LogP contribution in [0, 0.1) is 0 Å². The first-order chi connectivity index (χ1) is 24.3. The number of anilines is 3. The number of aromatic amines is 1. The second kappa shape index (κ2) is 10.0. The van der Waals surface area contributed by atoms with Crippen molar-refractivity contribution in [2.75, 3.05) is 4.90 Å². The van der Waals surface area contributed by atoms with Gasteiger partial charge in [-0.15, -0.1) is 0 Å². The molecule has 228 valence electrons. The third-order valence-electron chi connectivity index (χ3n) is 10.3. The molecule has 4 heterocycles. The van der Waals surface area contributed by atoms with Gasteiger partial charge in [0.05, 0.1) is 16.4 Å². The Kier molecular flexibility index (Phi) is 5.44. The van der Waals surface area contributed by atoms with Crippen molar-refractivity contribution < 1.29 is 4.42 Å². The van der Waals surface area contributed by atoms with E-state index in [1.807, 2.05) is 12.1 Å². The number of nitrogens with zero attached hydrogens (tertiary/aromatic N) is 2.